The first kappa shape index (κ1) is 18.1. The van der Waals surface area contributed by atoms with Gasteiger partial charge >= 0.3 is 0 Å². The molecule has 2 aromatic heterocycles. The third-order valence-electron chi connectivity index (χ3n) is 5.44. The Morgan fingerprint density at radius 2 is 2.32 bits per heavy atom. The van der Waals surface area contributed by atoms with Gasteiger partial charge in [0, 0.05) is 19.6 Å². The highest BCUT2D eigenvalue weighted by molar-refractivity contribution is 7.16. The van der Waals surface area contributed by atoms with E-state index in [4.69, 9.17) is 5.73 Å². The molecule has 6 nitrogen and oxygen atoms in total. The maximum absolute atomic E-state index is 12.8. The second-order valence-electron chi connectivity index (χ2n) is 7.39. The number of carbonyl (C=O) groups is 1. The lowest BCUT2D eigenvalue weighted by atomic mass is 9.87. The topological polar surface area (TPSA) is 84.1 Å². The van der Waals surface area contributed by atoms with Crippen molar-refractivity contribution in [2.75, 3.05) is 24.5 Å². The van der Waals surface area contributed by atoms with Crippen molar-refractivity contribution in [2.24, 2.45) is 17.6 Å². The van der Waals surface area contributed by atoms with E-state index in [0.29, 0.717) is 13.1 Å². The van der Waals surface area contributed by atoms with Gasteiger partial charge in [-0.3, -0.25) is 4.79 Å². The van der Waals surface area contributed by atoms with Crippen LogP contribution in [-0.2, 0) is 4.79 Å². The first-order valence-electron chi connectivity index (χ1n) is 8.90. The number of nitrogens with one attached hydrogen (secondary N) is 1. The summed E-state index contributed by atoms with van der Waals surface area (Å²) in [4.78, 5) is 24.9. The zero-order valence-corrected chi connectivity index (χ0v) is 16.0. The van der Waals surface area contributed by atoms with E-state index >= 15 is 0 Å². The highest BCUT2D eigenvalue weighted by Gasteiger charge is 2.33. The van der Waals surface area contributed by atoms with Crippen LogP contribution in [0.3, 0.4) is 0 Å². The number of fused-ring (bicyclic) bond motifs is 1. The molecule has 0 spiro atoms. The van der Waals surface area contributed by atoms with Crippen LogP contribution in [0.4, 0.5) is 5.82 Å². The Bertz CT molecular complexity index is 746. The first-order chi connectivity index (χ1) is 11.9. The van der Waals surface area contributed by atoms with Crippen LogP contribution in [0, 0.1) is 11.8 Å². The van der Waals surface area contributed by atoms with E-state index in [9.17, 15) is 4.79 Å². The van der Waals surface area contributed by atoms with Gasteiger partial charge < -0.3 is 16.0 Å². The van der Waals surface area contributed by atoms with E-state index in [2.05, 4.69) is 40.1 Å². The average molecular weight is 362 g/mol. The Balaban J connectivity index is 1.75. The molecule has 7 heteroatoms. The minimum Gasteiger partial charge on any atom is -0.355 e. The van der Waals surface area contributed by atoms with Crippen molar-refractivity contribution in [3.8, 4) is 0 Å². The molecule has 2 atom stereocenters. The van der Waals surface area contributed by atoms with Crippen LogP contribution < -0.4 is 16.0 Å². The van der Waals surface area contributed by atoms with Crippen LogP contribution in [0.25, 0.3) is 10.2 Å². The van der Waals surface area contributed by atoms with E-state index in [-0.39, 0.29) is 23.3 Å². The van der Waals surface area contributed by atoms with Crippen LogP contribution in [0.2, 0.25) is 0 Å². The highest BCUT2D eigenvalue weighted by Crippen LogP contribution is 2.30. The minimum atomic E-state index is -0.366. The van der Waals surface area contributed by atoms with Crippen LogP contribution in [0.15, 0.2) is 17.8 Å². The quantitative estimate of drug-likeness (QED) is 0.854. The summed E-state index contributed by atoms with van der Waals surface area (Å²) in [5, 5.41) is 6.30. The fourth-order valence-corrected chi connectivity index (χ4v) is 3.95. The van der Waals surface area contributed by atoms with Gasteiger partial charge in [-0.05, 0) is 37.1 Å². The van der Waals surface area contributed by atoms with Crippen molar-refractivity contribution >= 4 is 33.3 Å². The Labute approximate surface area is 152 Å². The summed E-state index contributed by atoms with van der Waals surface area (Å²) in [6.07, 6.45) is 3.50. The molecule has 136 valence electrons. The predicted octanol–water partition coefficient (Wildman–Crippen LogP) is 2.40. The molecule has 2 unspecified atom stereocenters. The number of amides is 1. The number of hydrogen-bond donors (Lipinski definition) is 2. The molecule has 0 saturated carbocycles. The van der Waals surface area contributed by atoms with Gasteiger partial charge in [0.15, 0.2) is 0 Å². The molecular weight excluding hydrogens is 334 g/mol. The molecule has 1 amide bonds. The molecule has 25 heavy (non-hydrogen) atoms. The molecule has 2 aromatic rings. The zero-order valence-electron chi connectivity index (χ0n) is 15.2. The summed E-state index contributed by atoms with van der Waals surface area (Å²) < 4.78 is 0. The van der Waals surface area contributed by atoms with Crippen LogP contribution in [0.1, 0.15) is 33.6 Å². The van der Waals surface area contributed by atoms with Gasteiger partial charge in [-0.25, -0.2) is 9.97 Å². The van der Waals surface area contributed by atoms with Gasteiger partial charge in [0.1, 0.15) is 17.0 Å². The summed E-state index contributed by atoms with van der Waals surface area (Å²) in [5.74, 6) is 1.28. The number of thiophene rings is 1. The number of hydrogen-bond acceptors (Lipinski definition) is 6. The van der Waals surface area contributed by atoms with E-state index in [1.165, 1.54) is 0 Å². The summed E-state index contributed by atoms with van der Waals surface area (Å²) in [6.45, 7) is 8.25. The van der Waals surface area contributed by atoms with Gasteiger partial charge in [-0.15, -0.1) is 11.3 Å². The van der Waals surface area contributed by atoms with Crippen LogP contribution in [0.5, 0.6) is 0 Å². The lowest BCUT2D eigenvalue weighted by molar-refractivity contribution is -0.127. The Morgan fingerprint density at radius 3 is 3.04 bits per heavy atom. The number of aromatic nitrogens is 2. The first-order valence-corrected chi connectivity index (χ1v) is 9.78. The largest absolute Gasteiger partial charge is 0.355 e. The molecule has 3 heterocycles. The second kappa shape index (κ2) is 7.25. The highest BCUT2D eigenvalue weighted by atomic mass is 32.1. The number of piperidine rings is 1. The van der Waals surface area contributed by atoms with Crippen LogP contribution >= 0.6 is 11.3 Å². The normalized spacial score (nSPS) is 20.7. The molecule has 3 N–H and O–H groups in total. The third-order valence-corrected chi connectivity index (χ3v) is 6.26. The Kier molecular flexibility index (Phi) is 5.24. The number of carbonyl (C=O) groups excluding carboxylic acids is 1. The van der Waals surface area contributed by atoms with Crippen molar-refractivity contribution in [1.82, 2.24) is 15.3 Å². The summed E-state index contributed by atoms with van der Waals surface area (Å²) in [6, 6.07) is 2.06. The van der Waals surface area contributed by atoms with E-state index < -0.39 is 0 Å². The summed E-state index contributed by atoms with van der Waals surface area (Å²) in [5.41, 5.74) is 5.55. The third kappa shape index (κ3) is 3.62. The Morgan fingerprint density at radius 1 is 1.52 bits per heavy atom. The fourth-order valence-electron chi connectivity index (χ4n) is 3.23. The second-order valence-corrected chi connectivity index (χ2v) is 8.28. The summed E-state index contributed by atoms with van der Waals surface area (Å²) >= 11 is 1.62. The summed E-state index contributed by atoms with van der Waals surface area (Å²) in [7, 11) is 0. The zero-order chi connectivity index (χ0) is 18.0. The fraction of sp³-hybridized carbons (Fsp3) is 0.611. The molecule has 1 fully saturated rings. The van der Waals surface area contributed by atoms with Gasteiger partial charge in [-0.1, -0.05) is 13.8 Å². The molecule has 0 bridgehead atoms. The van der Waals surface area contributed by atoms with Crippen LogP contribution in [-0.4, -0.2) is 41.0 Å². The molecule has 0 aliphatic carbocycles. The number of anilines is 1. The van der Waals surface area contributed by atoms with E-state index in [1.807, 2.05) is 12.3 Å². The monoisotopic (exact) mass is 361 g/mol. The van der Waals surface area contributed by atoms with Gasteiger partial charge in [-0.2, -0.15) is 0 Å². The minimum absolute atomic E-state index is 0.0398. The number of nitrogens with zero attached hydrogens (tertiary/aromatic N) is 3. The molecule has 3 rings (SSSR count). The van der Waals surface area contributed by atoms with Crippen molar-refractivity contribution < 1.29 is 4.79 Å². The maximum Gasteiger partial charge on any atom is 0.225 e. The van der Waals surface area contributed by atoms with Crippen molar-refractivity contribution in [1.29, 1.82) is 0 Å². The van der Waals surface area contributed by atoms with Gasteiger partial charge in [0.2, 0.25) is 5.91 Å². The lowest BCUT2D eigenvalue weighted by Crippen LogP contribution is -2.57. The van der Waals surface area contributed by atoms with Crippen molar-refractivity contribution in [3.63, 3.8) is 0 Å². The molecular formula is C18H27N5OS. The standard InChI is InChI=1S/C18H27N5OS/c1-12(2)18(3,10-19)22-16(24)13-5-4-7-23(9-13)15-14-6-8-25-17(14)21-11-20-15/h6,8,11-13H,4-5,7,9-10,19H2,1-3H3,(H,22,24). The Hall–Kier alpha value is -1.73. The van der Waals surface area contributed by atoms with Crippen molar-refractivity contribution in [3.05, 3.63) is 17.8 Å². The average Bonchev–Trinajstić information content (AvgIpc) is 3.10. The SMILES string of the molecule is CC(C)C(C)(CN)NC(=O)C1CCCN(c2ncnc3sccc23)C1. The molecule has 0 radical (unpaired) electrons. The molecule has 1 aliphatic heterocycles. The molecule has 1 aliphatic rings. The molecule has 1 saturated heterocycles. The smallest absolute Gasteiger partial charge is 0.225 e. The van der Waals surface area contributed by atoms with Gasteiger partial charge in [0.05, 0.1) is 16.8 Å². The number of rotatable bonds is 5. The maximum atomic E-state index is 12.8. The predicted molar refractivity (Wildman–Crippen MR) is 103 cm³/mol. The number of nitrogens with two attached hydrogens (primary N) is 1. The van der Waals surface area contributed by atoms with E-state index in [0.717, 1.165) is 35.4 Å². The lowest BCUT2D eigenvalue weighted by Gasteiger charge is -2.38. The van der Waals surface area contributed by atoms with E-state index in [1.54, 1.807) is 17.7 Å². The van der Waals surface area contributed by atoms with Gasteiger partial charge in [0.25, 0.3) is 0 Å². The van der Waals surface area contributed by atoms with Crippen molar-refractivity contribution in [2.45, 2.75) is 39.2 Å². The molecule has 0 aromatic carbocycles.